The summed E-state index contributed by atoms with van der Waals surface area (Å²) in [6.07, 6.45) is 4.03. The Kier molecular flexibility index (Phi) is 5.30. The van der Waals surface area contributed by atoms with E-state index in [0.29, 0.717) is 11.2 Å². The van der Waals surface area contributed by atoms with Crippen LogP contribution in [0.1, 0.15) is 53.4 Å². The molecular weight excluding hydrogens is 402 g/mol. The lowest BCUT2D eigenvalue weighted by atomic mass is 9.79. The minimum absolute atomic E-state index is 0.00726. The van der Waals surface area contributed by atoms with Gasteiger partial charge in [0, 0.05) is 16.0 Å². The second kappa shape index (κ2) is 6.79. The SMILES string of the molecule is [B][C@@H]1O[C@@]2(CC)[C@@H](C)O[C@@H]1[C@@H]2O[P@@]1(=S)S[C@H]2C[C@H](C(=C)C)CC[C@]2(C)S1. The molecule has 0 aromatic heterocycles. The van der Waals surface area contributed by atoms with Gasteiger partial charge in [0.2, 0.25) is 0 Å². The summed E-state index contributed by atoms with van der Waals surface area (Å²) in [5, 5.41) is 0.540. The number of hydrogen-bond donors (Lipinski definition) is 0. The van der Waals surface area contributed by atoms with Gasteiger partial charge < -0.3 is 14.0 Å². The molecule has 1 saturated carbocycles. The van der Waals surface area contributed by atoms with E-state index in [2.05, 4.69) is 34.3 Å². The van der Waals surface area contributed by atoms with Crippen LogP contribution in [-0.4, -0.2) is 47.8 Å². The van der Waals surface area contributed by atoms with Gasteiger partial charge in [-0.1, -0.05) is 41.8 Å². The highest BCUT2D eigenvalue weighted by molar-refractivity contribution is 9.01. The molecular formula is C18H28BO3PS3. The lowest BCUT2D eigenvalue weighted by Crippen LogP contribution is -2.46. The first-order chi connectivity index (χ1) is 12.1. The molecule has 3 aliphatic heterocycles. The van der Waals surface area contributed by atoms with Crippen molar-refractivity contribution in [2.45, 2.75) is 93.3 Å². The van der Waals surface area contributed by atoms with E-state index in [4.69, 9.17) is 33.7 Å². The highest BCUT2D eigenvalue weighted by Crippen LogP contribution is 2.85. The van der Waals surface area contributed by atoms with Crippen LogP contribution in [0.2, 0.25) is 0 Å². The summed E-state index contributed by atoms with van der Waals surface area (Å²) in [7, 11) is 6.17. The van der Waals surface area contributed by atoms with E-state index in [1.165, 1.54) is 24.8 Å². The lowest BCUT2D eigenvalue weighted by molar-refractivity contribution is -0.157. The van der Waals surface area contributed by atoms with Crippen molar-refractivity contribution in [3.8, 4) is 0 Å². The van der Waals surface area contributed by atoms with E-state index in [9.17, 15) is 0 Å². The second-order valence-corrected chi connectivity index (χ2v) is 19.3. The van der Waals surface area contributed by atoms with Crippen LogP contribution >= 0.6 is 27.4 Å². The van der Waals surface area contributed by atoms with Crippen molar-refractivity contribution in [3.63, 3.8) is 0 Å². The average Bonchev–Trinajstić information content (AvgIpc) is 3.08. The van der Waals surface area contributed by atoms with E-state index in [0.717, 1.165) is 6.42 Å². The maximum absolute atomic E-state index is 6.73. The third kappa shape index (κ3) is 3.03. The van der Waals surface area contributed by atoms with Crippen LogP contribution in [0.4, 0.5) is 0 Å². The first-order valence-electron chi connectivity index (χ1n) is 9.54. The first-order valence-corrected chi connectivity index (χ1v) is 15.2. The smallest absolute Gasteiger partial charge is 0.175 e. The van der Waals surface area contributed by atoms with Crippen LogP contribution < -0.4 is 0 Å². The Balaban J connectivity index is 1.54. The van der Waals surface area contributed by atoms with Gasteiger partial charge in [-0.25, -0.2) is 0 Å². The van der Waals surface area contributed by atoms with Crippen molar-refractivity contribution in [2.75, 3.05) is 0 Å². The molecule has 0 aromatic rings. The maximum atomic E-state index is 6.73. The summed E-state index contributed by atoms with van der Waals surface area (Å²) < 4.78 is 17.1. The third-order valence-corrected chi connectivity index (χ3v) is 16.9. The van der Waals surface area contributed by atoms with Crippen molar-refractivity contribution in [3.05, 3.63) is 12.2 Å². The predicted octanol–water partition coefficient (Wildman–Crippen LogP) is 5.04. The van der Waals surface area contributed by atoms with E-state index in [1.54, 1.807) is 0 Å². The molecule has 3 nitrogen and oxygen atoms in total. The van der Waals surface area contributed by atoms with E-state index in [1.807, 2.05) is 22.8 Å². The van der Waals surface area contributed by atoms with Crippen LogP contribution in [0.5, 0.6) is 0 Å². The second-order valence-electron chi connectivity index (χ2n) is 8.42. The van der Waals surface area contributed by atoms with Crippen LogP contribution in [-0.2, 0) is 25.8 Å². The summed E-state index contributed by atoms with van der Waals surface area (Å²) in [6.45, 7) is 12.9. The van der Waals surface area contributed by atoms with Gasteiger partial charge in [-0.05, 0) is 64.2 Å². The Morgan fingerprint density at radius 1 is 1.50 bits per heavy atom. The molecule has 0 aromatic carbocycles. The average molecular weight is 430 g/mol. The van der Waals surface area contributed by atoms with Crippen LogP contribution in [0.3, 0.4) is 0 Å². The highest BCUT2D eigenvalue weighted by atomic mass is 33.2. The van der Waals surface area contributed by atoms with Crippen molar-refractivity contribution >= 4 is 47.1 Å². The van der Waals surface area contributed by atoms with Crippen molar-refractivity contribution in [2.24, 2.45) is 5.92 Å². The summed E-state index contributed by atoms with van der Waals surface area (Å²) in [5.41, 5.74) is 0.852. The molecule has 9 atom stereocenters. The van der Waals surface area contributed by atoms with Crippen molar-refractivity contribution < 1.29 is 14.0 Å². The molecule has 0 unspecified atom stereocenters. The Morgan fingerprint density at radius 2 is 2.23 bits per heavy atom. The molecule has 2 radical (unpaired) electrons. The Labute approximate surface area is 172 Å². The largest absolute Gasteiger partial charge is 0.373 e. The Morgan fingerprint density at radius 3 is 2.88 bits per heavy atom. The van der Waals surface area contributed by atoms with Crippen molar-refractivity contribution in [1.82, 2.24) is 0 Å². The van der Waals surface area contributed by atoms with Crippen LogP contribution in [0, 0.1) is 5.92 Å². The number of allylic oxidation sites excluding steroid dienone is 1. The van der Waals surface area contributed by atoms with Gasteiger partial charge >= 0.3 is 0 Å². The lowest BCUT2D eigenvalue weighted by Gasteiger charge is -2.38. The maximum Gasteiger partial charge on any atom is 0.175 e. The summed E-state index contributed by atoms with van der Waals surface area (Å²) in [5.74, 6) is 0.618. The summed E-state index contributed by atoms with van der Waals surface area (Å²) >= 11 is 9.99. The minimum Gasteiger partial charge on any atom is -0.373 e. The summed E-state index contributed by atoms with van der Waals surface area (Å²) in [4.78, 5) is 0. The van der Waals surface area contributed by atoms with E-state index < -0.39 is 16.3 Å². The number of fused-ring (bicyclic) bond motifs is 3. The molecule has 144 valence electrons. The predicted molar refractivity (Wildman–Crippen MR) is 117 cm³/mol. The van der Waals surface area contributed by atoms with Gasteiger partial charge in [0.1, 0.15) is 25.7 Å². The fraction of sp³-hybridized carbons (Fsp3) is 0.889. The molecule has 8 heteroatoms. The van der Waals surface area contributed by atoms with Crippen LogP contribution in [0.15, 0.2) is 12.2 Å². The molecule has 4 rings (SSSR count). The molecule has 26 heavy (non-hydrogen) atoms. The molecule has 4 aliphatic rings. The normalized spacial score (nSPS) is 55.8. The van der Waals surface area contributed by atoms with Crippen LogP contribution in [0.25, 0.3) is 0 Å². The molecule has 0 N–H and O–H groups in total. The molecule has 3 saturated heterocycles. The number of ether oxygens (including phenoxy) is 2. The van der Waals surface area contributed by atoms with Crippen molar-refractivity contribution in [1.29, 1.82) is 0 Å². The third-order valence-electron chi connectivity index (χ3n) is 6.75. The Bertz CT molecular complexity index is 664. The van der Waals surface area contributed by atoms with Gasteiger partial charge in [0.15, 0.2) is 4.67 Å². The van der Waals surface area contributed by atoms with Gasteiger partial charge in [0.25, 0.3) is 0 Å². The molecule has 2 bridgehead atoms. The zero-order valence-electron chi connectivity index (χ0n) is 16.0. The minimum atomic E-state index is -2.07. The molecule has 3 heterocycles. The first kappa shape index (κ1) is 20.3. The molecule has 0 amide bonds. The van der Waals surface area contributed by atoms with Gasteiger partial charge in [-0.15, -0.1) is 0 Å². The monoisotopic (exact) mass is 430 g/mol. The van der Waals surface area contributed by atoms with Gasteiger partial charge in [-0.3, -0.25) is 0 Å². The Hall–Kier alpha value is 1.03. The molecule has 0 spiro atoms. The number of hydrogen-bond acceptors (Lipinski definition) is 6. The fourth-order valence-electron chi connectivity index (χ4n) is 4.96. The molecule has 1 aliphatic carbocycles. The van der Waals surface area contributed by atoms with E-state index >= 15 is 0 Å². The zero-order chi connectivity index (χ0) is 18.9. The zero-order valence-corrected chi connectivity index (χ0v) is 19.3. The summed E-state index contributed by atoms with van der Waals surface area (Å²) in [6, 6.07) is -0.416. The van der Waals surface area contributed by atoms with Gasteiger partial charge in [0.05, 0.1) is 6.10 Å². The van der Waals surface area contributed by atoms with E-state index in [-0.39, 0.29) is 23.1 Å². The fourth-order valence-corrected chi connectivity index (χ4v) is 18.9. The highest BCUT2D eigenvalue weighted by Gasteiger charge is 2.65. The number of rotatable bonds is 4. The quantitative estimate of drug-likeness (QED) is 0.353. The van der Waals surface area contributed by atoms with Gasteiger partial charge in [-0.2, -0.15) is 0 Å². The topological polar surface area (TPSA) is 27.7 Å². The standard InChI is InChI=1S/C18H28BO3PS3/c1-6-18-11(4)20-14(16(19)21-18)15(18)22-23(24)25-13-9-12(10(2)3)7-8-17(13,5)26-23/h11-16H,2,6-9H2,1,3-5H3/t11-,12-,13+,14-,15+,16-,17+,18+,23-/m1/s1. The molecule has 4 fully saturated rings.